The van der Waals surface area contributed by atoms with E-state index in [1.54, 1.807) is 6.20 Å². The smallest absolute Gasteiger partial charge is 0.0945 e. The lowest BCUT2D eigenvalue weighted by Crippen LogP contribution is -1.93. The summed E-state index contributed by atoms with van der Waals surface area (Å²) in [6.07, 6.45) is 8.01. The lowest BCUT2D eigenvalue weighted by molar-refractivity contribution is 0.635. The number of unbranched alkanes of at least 4 members (excludes halogenated alkanes) is 1. The SMILES string of the molecule is SCCCCn1ccnc1. The van der Waals surface area contributed by atoms with Crippen LogP contribution in [0.2, 0.25) is 0 Å². The number of rotatable bonds is 4. The first-order chi connectivity index (χ1) is 4.93. The Morgan fingerprint density at radius 2 is 2.30 bits per heavy atom. The van der Waals surface area contributed by atoms with Crippen LogP contribution in [0, 0.1) is 0 Å². The van der Waals surface area contributed by atoms with E-state index in [0.717, 1.165) is 12.3 Å². The van der Waals surface area contributed by atoms with Gasteiger partial charge in [-0.25, -0.2) is 4.98 Å². The number of nitrogens with zero attached hydrogens (tertiary/aromatic N) is 2. The van der Waals surface area contributed by atoms with Gasteiger partial charge in [0.05, 0.1) is 6.33 Å². The van der Waals surface area contributed by atoms with Gasteiger partial charge in [0.1, 0.15) is 0 Å². The average molecular weight is 156 g/mol. The van der Waals surface area contributed by atoms with Gasteiger partial charge in [0.2, 0.25) is 0 Å². The van der Waals surface area contributed by atoms with Gasteiger partial charge in [0.15, 0.2) is 0 Å². The van der Waals surface area contributed by atoms with Gasteiger partial charge >= 0.3 is 0 Å². The maximum Gasteiger partial charge on any atom is 0.0945 e. The minimum atomic E-state index is 0.981. The molecule has 2 nitrogen and oxygen atoms in total. The lowest BCUT2D eigenvalue weighted by Gasteiger charge is -1.98. The van der Waals surface area contributed by atoms with E-state index < -0.39 is 0 Å². The largest absolute Gasteiger partial charge is 0.337 e. The fourth-order valence-corrected chi connectivity index (χ4v) is 1.05. The second-order valence-corrected chi connectivity index (χ2v) is 2.68. The second kappa shape index (κ2) is 4.39. The van der Waals surface area contributed by atoms with Crippen molar-refractivity contribution in [3.63, 3.8) is 0 Å². The molecule has 0 aromatic carbocycles. The molecule has 10 heavy (non-hydrogen) atoms. The topological polar surface area (TPSA) is 17.8 Å². The maximum absolute atomic E-state index is 4.13. The highest BCUT2D eigenvalue weighted by atomic mass is 32.1. The molecule has 0 saturated heterocycles. The Balaban J connectivity index is 2.15. The highest BCUT2D eigenvalue weighted by Gasteiger charge is 1.87. The van der Waals surface area contributed by atoms with Crippen LogP contribution >= 0.6 is 12.6 Å². The van der Waals surface area contributed by atoms with Gasteiger partial charge in [-0.1, -0.05) is 0 Å². The van der Waals surface area contributed by atoms with E-state index >= 15 is 0 Å². The molecule has 0 bridgehead atoms. The third kappa shape index (κ3) is 2.43. The lowest BCUT2D eigenvalue weighted by atomic mass is 10.3. The monoisotopic (exact) mass is 156 g/mol. The molecule has 0 unspecified atom stereocenters. The standard InChI is InChI=1S/C7H12N2S/c10-6-2-1-4-9-5-3-8-7-9/h3,5,7,10H,1-2,4,6H2. The summed E-state index contributed by atoms with van der Waals surface area (Å²) in [5.74, 6) is 0.981. The Morgan fingerprint density at radius 3 is 2.90 bits per heavy atom. The van der Waals surface area contributed by atoms with E-state index in [9.17, 15) is 0 Å². The van der Waals surface area contributed by atoms with Crippen LogP contribution in [-0.2, 0) is 6.54 Å². The third-order valence-electron chi connectivity index (χ3n) is 1.38. The molecule has 1 rings (SSSR count). The molecule has 0 amide bonds. The van der Waals surface area contributed by atoms with Crippen LogP contribution in [0.25, 0.3) is 0 Å². The number of aromatic nitrogens is 2. The van der Waals surface area contributed by atoms with Crippen LogP contribution in [0.3, 0.4) is 0 Å². The Bertz CT molecular complexity index is 160. The molecular formula is C7H12N2S. The highest BCUT2D eigenvalue weighted by Crippen LogP contribution is 1.95. The van der Waals surface area contributed by atoms with Gasteiger partial charge in [-0.3, -0.25) is 0 Å². The molecule has 1 aromatic rings. The van der Waals surface area contributed by atoms with Gasteiger partial charge in [0, 0.05) is 18.9 Å². The zero-order valence-electron chi connectivity index (χ0n) is 5.90. The van der Waals surface area contributed by atoms with E-state index in [4.69, 9.17) is 0 Å². The van der Waals surface area contributed by atoms with Crippen molar-refractivity contribution in [2.24, 2.45) is 0 Å². The van der Waals surface area contributed by atoms with Gasteiger partial charge < -0.3 is 4.57 Å². The molecule has 0 spiro atoms. The number of hydrogen-bond acceptors (Lipinski definition) is 2. The van der Waals surface area contributed by atoms with Gasteiger partial charge in [-0.15, -0.1) is 0 Å². The first-order valence-corrected chi connectivity index (χ1v) is 4.13. The zero-order valence-corrected chi connectivity index (χ0v) is 6.80. The molecule has 0 fully saturated rings. The summed E-state index contributed by atoms with van der Waals surface area (Å²) >= 11 is 4.13. The Morgan fingerprint density at radius 1 is 1.40 bits per heavy atom. The average Bonchev–Trinajstić information content (AvgIpc) is 2.41. The van der Waals surface area contributed by atoms with Crippen LogP contribution in [0.4, 0.5) is 0 Å². The van der Waals surface area contributed by atoms with E-state index in [0.29, 0.717) is 0 Å². The van der Waals surface area contributed by atoms with Crippen LogP contribution in [0.1, 0.15) is 12.8 Å². The van der Waals surface area contributed by atoms with Crippen molar-refractivity contribution in [3.8, 4) is 0 Å². The molecule has 56 valence electrons. The van der Waals surface area contributed by atoms with Gasteiger partial charge in [-0.2, -0.15) is 12.6 Å². The maximum atomic E-state index is 4.13. The molecule has 0 saturated carbocycles. The predicted octanol–water partition coefficient (Wildman–Crippen LogP) is 1.59. The van der Waals surface area contributed by atoms with E-state index in [2.05, 4.69) is 22.2 Å². The number of aryl methyl sites for hydroxylation is 1. The van der Waals surface area contributed by atoms with Crippen molar-refractivity contribution in [3.05, 3.63) is 18.7 Å². The van der Waals surface area contributed by atoms with Crippen molar-refractivity contribution < 1.29 is 0 Å². The number of thiol groups is 1. The summed E-state index contributed by atoms with van der Waals surface area (Å²) < 4.78 is 2.09. The molecular weight excluding hydrogens is 144 g/mol. The Kier molecular flexibility index (Phi) is 3.36. The summed E-state index contributed by atoms with van der Waals surface area (Å²) in [7, 11) is 0. The van der Waals surface area contributed by atoms with Gasteiger partial charge in [0.25, 0.3) is 0 Å². The van der Waals surface area contributed by atoms with Gasteiger partial charge in [-0.05, 0) is 18.6 Å². The van der Waals surface area contributed by atoms with Crippen molar-refractivity contribution in [1.29, 1.82) is 0 Å². The van der Waals surface area contributed by atoms with E-state index in [-0.39, 0.29) is 0 Å². The zero-order chi connectivity index (χ0) is 7.23. The van der Waals surface area contributed by atoms with Crippen LogP contribution < -0.4 is 0 Å². The number of imidazole rings is 1. The fraction of sp³-hybridized carbons (Fsp3) is 0.571. The molecule has 0 aliphatic heterocycles. The van der Waals surface area contributed by atoms with Crippen molar-refractivity contribution in [2.75, 3.05) is 5.75 Å². The van der Waals surface area contributed by atoms with Crippen molar-refractivity contribution >= 4 is 12.6 Å². The summed E-state index contributed by atoms with van der Waals surface area (Å²) in [5, 5.41) is 0. The van der Waals surface area contributed by atoms with Crippen LogP contribution in [-0.4, -0.2) is 15.3 Å². The molecule has 0 N–H and O–H groups in total. The van der Waals surface area contributed by atoms with Crippen LogP contribution in [0.5, 0.6) is 0 Å². The highest BCUT2D eigenvalue weighted by molar-refractivity contribution is 7.80. The van der Waals surface area contributed by atoms with E-state index in [1.807, 2.05) is 12.5 Å². The minimum absolute atomic E-state index is 0.981. The quantitative estimate of drug-likeness (QED) is 0.518. The molecule has 0 aliphatic rings. The summed E-state index contributed by atoms with van der Waals surface area (Å²) in [5.41, 5.74) is 0. The van der Waals surface area contributed by atoms with Crippen molar-refractivity contribution in [2.45, 2.75) is 19.4 Å². The molecule has 0 radical (unpaired) electrons. The molecule has 0 aliphatic carbocycles. The van der Waals surface area contributed by atoms with Crippen molar-refractivity contribution in [1.82, 2.24) is 9.55 Å². The first-order valence-electron chi connectivity index (χ1n) is 3.50. The summed E-state index contributed by atoms with van der Waals surface area (Å²) in [4.78, 5) is 3.94. The third-order valence-corrected chi connectivity index (χ3v) is 1.70. The molecule has 0 atom stereocenters. The summed E-state index contributed by atoms with van der Waals surface area (Å²) in [6, 6.07) is 0. The molecule has 1 heterocycles. The Labute approximate surface area is 66.7 Å². The Hall–Kier alpha value is -0.440. The first kappa shape index (κ1) is 7.66. The van der Waals surface area contributed by atoms with Crippen LogP contribution in [0.15, 0.2) is 18.7 Å². The minimum Gasteiger partial charge on any atom is -0.337 e. The van der Waals surface area contributed by atoms with E-state index in [1.165, 1.54) is 12.8 Å². The fourth-order valence-electron chi connectivity index (χ4n) is 0.825. The normalized spacial score (nSPS) is 10.1. The predicted molar refractivity (Wildman–Crippen MR) is 45.3 cm³/mol. The molecule has 1 aromatic heterocycles. The number of hydrogen-bond donors (Lipinski definition) is 1. The molecule has 3 heteroatoms. The summed E-state index contributed by atoms with van der Waals surface area (Å²) in [6.45, 7) is 1.07. The second-order valence-electron chi connectivity index (χ2n) is 2.23.